The van der Waals surface area contributed by atoms with Gasteiger partial charge in [0.2, 0.25) is 0 Å². The smallest absolute Gasteiger partial charge is 0.305 e. The van der Waals surface area contributed by atoms with Crippen molar-refractivity contribution in [3.63, 3.8) is 0 Å². The molecule has 5 nitrogen and oxygen atoms in total. The Bertz CT molecular complexity index is 1190. The summed E-state index contributed by atoms with van der Waals surface area (Å²) in [5.74, 6) is 1.76. The number of nitrogens with zero attached hydrogens (tertiary/aromatic N) is 5. The third-order valence-electron chi connectivity index (χ3n) is 7.23. The quantitative estimate of drug-likeness (QED) is 0.247. The molecule has 0 bridgehead atoms. The molecule has 0 amide bonds. The first-order valence-electron chi connectivity index (χ1n) is 11.6. The molecule has 3 aromatic rings. The first kappa shape index (κ1) is 28.8. The van der Waals surface area contributed by atoms with Gasteiger partial charge in [-0.25, -0.2) is 0 Å². The number of thioether (sulfide) groups is 1. The molecule has 1 aliphatic carbocycles. The highest BCUT2D eigenvalue weighted by molar-refractivity contribution is 7.99. The molecule has 1 aromatic carbocycles. The van der Waals surface area contributed by atoms with E-state index >= 15 is 0 Å². The number of pyridine rings is 1. The van der Waals surface area contributed by atoms with E-state index in [2.05, 4.69) is 20.1 Å². The molecule has 5 rings (SSSR count). The normalized spacial score (nSPS) is 21.3. The zero-order valence-electron chi connectivity index (χ0n) is 20.2. The van der Waals surface area contributed by atoms with E-state index < -0.39 is 11.7 Å². The maximum Gasteiger partial charge on any atom is 0.416 e. The number of rotatable bonds is 7. The van der Waals surface area contributed by atoms with Gasteiger partial charge in [-0.15, -0.1) is 35.0 Å². The van der Waals surface area contributed by atoms with Gasteiger partial charge in [0, 0.05) is 36.8 Å². The van der Waals surface area contributed by atoms with Crippen molar-refractivity contribution in [1.82, 2.24) is 24.6 Å². The highest BCUT2D eigenvalue weighted by Gasteiger charge is 2.59. The Morgan fingerprint density at radius 2 is 1.89 bits per heavy atom. The number of likely N-dealkylation sites (tertiary alicyclic amines) is 1. The summed E-state index contributed by atoms with van der Waals surface area (Å²) in [6.07, 6.45) is 0.325. The fourth-order valence-corrected chi connectivity index (χ4v) is 6.15. The van der Waals surface area contributed by atoms with E-state index in [1.807, 2.05) is 30.7 Å². The second-order valence-electron chi connectivity index (χ2n) is 9.43. The Morgan fingerprint density at radius 1 is 1.11 bits per heavy atom. The minimum absolute atomic E-state index is 0. The van der Waals surface area contributed by atoms with Crippen LogP contribution in [0.4, 0.5) is 13.2 Å². The van der Waals surface area contributed by atoms with Gasteiger partial charge in [0.25, 0.3) is 0 Å². The van der Waals surface area contributed by atoms with Gasteiger partial charge in [0.1, 0.15) is 0 Å². The Kier molecular flexibility index (Phi) is 9.02. The molecule has 1 aliphatic heterocycles. The molecular weight excluding hydrogens is 530 g/mol. The lowest BCUT2D eigenvalue weighted by atomic mass is 9.95. The SMILES string of the molecule is Cc1ncccc1-c1nnc(SCCCN2CCC3(CC3c3ccccc3C(F)(F)F)C2)n1C.Cl.Cl. The molecular formula is C25H30Cl2F3N5S. The lowest BCUT2D eigenvalue weighted by Crippen LogP contribution is -2.23. The average molecular weight is 561 g/mol. The summed E-state index contributed by atoms with van der Waals surface area (Å²) in [5.41, 5.74) is 1.95. The molecule has 2 atom stereocenters. The van der Waals surface area contributed by atoms with Crippen molar-refractivity contribution in [2.24, 2.45) is 12.5 Å². The van der Waals surface area contributed by atoms with Crippen LogP contribution in [0.5, 0.6) is 0 Å². The molecule has 1 saturated heterocycles. The Hall–Kier alpha value is -1.81. The average Bonchev–Trinajstić information content (AvgIpc) is 3.15. The van der Waals surface area contributed by atoms with Crippen molar-refractivity contribution in [2.75, 3.05) is 25.4 Å². The number of aromatic nitrogens is 4. The monoisotopic (exact) mass is 559 g/mol. The van der Waals surface area contributed by atoms with E-state index in [9.17, 15) is 13.2 Å². The van der Waals surface area contributed by atoms with E-state index in [0.717, 1.165) is 66.9 Å². The molecule has 36 heavy (non-hydrogen) atoms. The summed E-state index contributed by atoms with van der Waals surface area (Å²) in [6, 6.07) is 10.0. The van der Waals surface area contributed by atoms with E-state index in [4.69, 9.17) is 0 Å². The number of hydrogen-bond donors (Lipinski definition) is 0. The van der Waals surface area contributed by atoms with Gasteiger partial charge in [-0.1, -0.05) is 30.0 Å². The minimum atomic E-state index is -4.29. The lowest BCUT2D eigenvalue weighted by molar-refractivity contribution is -0.138. The van der Waals surface area contributed by atoms with Crippen LogP contribution < -0.4 is 0 Å². The van der Waals surface area contributed by atoms with Crippen molar-refractivity contribution in [3.8, 4) is 11.4 Å². The van der Waals surface area contributed by atoms with Crippen LogP contribution in [-0.2, 0) is 13.2 Å². The number of benzene rings is 1. The zero-order valence-corrected chi connectivity index (χ0v) is 22.6. The van der Waals surface area contributed by atoms with Crippen molar-refractivity contribution < 1.29 is 13.2 Å². The van der Waals surface area contributed by atoms with Crippen LogP contribution in [0.3, 0.4) is 0 Å². The summed E-state index contributed by atoms with van der Waals surface area (Å²) in [4.78, 5) is 6.75. The van der Waals surface area contributed by atoms with Crippen molar-refractivity contribution in [2.45, 2.75) is 43.4 Å². The fraction of sp³-hybridized carbons (Fsp3) is 0.480. The van der Waals surface area contributed by atoms with Crippen LogP contribution in [0.15, 0.2) is 47.8 Å². The first-order valence-corrected chi connectivity index (χ1v) is 12.6. The van der Waals surface area contributed by atoms with Crippen LogP contribution in [0.2, 0.25) is 0 Å². The molecule has 0 N–H and O–H groups in total. The summed E-state index contributed by atoms with van der Waals surface area (Å²) < 4.78 is 42.4. The van der Waals surface area contributed by atoms with Gasteiger partial charge in [-0.2, -0.15) is 13.2 Å². The van der Waals surface area contributed by atoms with Gasteiger partial charge in [-0.3, -0.25) is 4.98 Å². The molecule has 2 aliphatic rings. The molecule has 1 spiro atoms. The number of aryl methyl sites for hydroxylation is 1. The predicted molar refractivity (Wildman–Crippen MR) is 141 cm³/mol. The van der Waals surface area contributed by atoms with Crippen molar-refractivity contribution >= 4 is 36.6 Å². The topological polar surface area (TPSA) is 46.8 Å². The molecule has 11 heteroatoms. The van der Waals surface area contributed by atoms with Gasteiger partial charge in [0.05, 0.1) is 5.56 Å². The Balaban J connectivity index is 0.00000180. The van der Waals surface area contributed by atoms with Crippen LogP contribution in [-0.4, -0.2) is 50.0 Å². The molecule has 196 valence electrons. The van der Waals surface area contributed by atoms with Gasteiger partial charge in [-0.05, 0) is 74.4 Å². The highest BCUT2D eigenvalue weighted by Crippen LogP contribution is 2.65. The first-order chi connectivity index (χ1) is 16.3. The van der Waals surface area contributed by atoms with E-state index in [-0.39, 0.29) is 36.1 Å². The van der Waals surface area contributed by atoms with Crippen LogP contribution in [0, 0.1) is 12.3 Å². The maximum atomic E-state index is 13.5. The van der Waals surface area contributed by atoms with Crippen LogP contribution in [0.1, 0.15) is 42.0 Å². The third kappa shape index (κ3) is 5.69. The van der Waals surface area contributed by atoms with Crippen LogP contribution in [0.25, 0.3) is 11.4 Å². The fourth-order valence-electron chi connectivity index (χ4n) is 5.32. The predicted octanol–water partition coefficient (Wildman–Crippen LogP) is 6.41. The summed E-state index contributed by atoms with van der Waals surface area (Å²) in [5, 5.41) is 9.58. The van der Waals surface area contributed by atoms with E-state index in [1.165, 1.54) is 12.1 Å². The second-order valence-corrected chi connectivity index (χ2v) is 10.5. The van der Waals surface area contributed by atoms with Crippen molar-refractivity contribution in [3.05, 3.63) is 59.4 Å². The second kappa shape index (κ2) is 11.3. The molecule has 1 saturated carbocycles. The Labute approximate surface area is 226 Å². The largest absolute Gasteiger partial charge is 0.416 e. The van der Waals surface area contributed by atoms with E-state index in [0.29, 0.717) is 5.56 Å². The van der Waals surface area contributed by atoms with Crippen LogP contribution >= 0.6 is 36.6 Å². The van der Waals surface area contributed by atoms with E-state index in [1.54, 1.807) is 30.1 Å². The summed E-state index contributed by atoms with van der Waals surface area (Å²) >= 11 is 1.69. The van der Waals surface area contributed by atoms with Gasteiger partial charge >= 0.3 is 6.18 Å². The van der Waals surface area contributed by atoms with Gasteiger partial charge in [0.15, 0.2) is 11.0 Å². The molecule has 2 fully saturated rings. The Morgan fingerprint density at radius 3 is 2.64 bits per heavy atom. The number of alkyl halides is 3. The summed E-state index contributed by atoms with van der Waals surface area (Å²) in [6.45, 7) is 4.77. The number of hydrogen-bond acceptors (Lipinski definition) is 5. The summed E-state index contributed by atoms with van der Waals surface area (Å²) in [7, 11) is 1.97. The molecule has 3 heterocycles. The number of halogens is 5. The molecule has 0 radical (unpaired) electrons. The highest BCUT2D eigenvalue weighted by atomic mass is 35.5. The standard InChI is InChI=1S/C25H28F3N5S.2ClH/c1-17-18(8-5-11-29-17)22-30-31-23(32(22)2)34-14-6-12-33-13-10-24(16-33)15-21(24)19-7-3-4-9-20(19)25(26,27)28;;/h3-5,7-9,11,21H,6,10,12-16H2,1-2H3;2*1H. The third-order valence-corrected chi connectivity index (χ3v) is 8.33. The molecule has 2 unspecified atom stereocenters. The molecule has 2 aromatic heterocycles. The lowest BCUT2D eigenvalue weighted by Gasteiger charge is -2.17. The van der Waals surface area contributed by atoms with Crippen molar-refractivity contribution in [1.29, 1.82) is 0 Å². The maximum absolute atomic E-state index is 13.5. The minimum Gasteiger partial charge on any atom is -0.305 e. The van der Waals surface area contributed by atoms with Gasteiger partial charge < -0.3 is 9.47 Å². The zero-order chi connectivity index (χ0) is 23.9.